The van der Waals surface area contributed by atoms with Crippen molar-refractivity contribution in [3.63, 3.8) is 0 Å². The number of thioether (sulfide) groups is 1. The molecular formula is C25H21N3O6S. The van der Waals surface area contributed by atoms with Gasteiger partial charge < -0.3 is 24.4 Å². The number of carbonyl (C=O) groups excluding carboxylic acids is 3. The Labute approximate surface area is 205 Å². The number of nitrogens with one attached hydrogen (secondary N) is 1. The Hall–Kier alpha value is -4.05. The summed E-state index contributed by atoms with van der Waals surface area (Å²) in [6.45, 7) is 0.330. The second-order valence-corrected chi connectivity index (χ2v) is 8.73. The van der Waals surface area contributed by atoms with Gasteiger partial charge in [-0.1, -0.05) is 30.0 Å². The molecule has 0 unspecified atom stereocenters. The van der Waals surface area contributed by atoms with Crippen molar-refractivity contribution in [2.45, 2.75) is 11.4 Å². The highest BCUT2D eigenvalue weighted by Gasteiger charge is 2.25. The van der Waals surface area contributed by atoms with Gasteiger partial charge in [-0.05, 0) is 42.3 Å². The van der Waals surface area contributed by atoms with Gasteiger partial charge in [-0.3, -0.25) is 9.59 Å². The lowest BCUT2D eigenvalue weighted by Crippen LogP contribution is -2.33. The highest BCUT2D eigenvalue weighted by atomic mass is 32.2. The molecule has 1 N–H and O–H groups in total. The van der Waals surface area contributed by atoms with E-state index < -0.39 is 5.97 Å². The summed E-state index contributed by atoms with van der Waals surface area (Å²) in [5.41, 5.74) is 2.71. The van der Waals surface area contributed by atoms with Crippen molar-refractivity contribution in [3.05, 3.63) is 71.9 Å². The molecule has 9 nitrogen and oxygen atoms in total. The monoisotopic (exact) mass is 491 g/mol. The van der Waals surface area contributed by atoms with E-state index >= 15 is 0 Å². The lowest BCUT2D eigenvalue weighted by Gasteiger charge is -2.17. The van der Waals surface area contributed by atoms with E-state index in [4.69, 9.17) is 14.2 Å². The standard InChI is InChI=1S/C25H21N3O6S/c29-22(27-17-7-8-20-21(12-17)34-15-33-20)14-35-24-18(5-3-10-26-24)25(31)32-13-23(30)28-11-9-16-4-1-2-6-19(16)28/h1-8,10,12H,9,11,13-15H2,(H,27,29). The normalized spacial score (nSPS) is 13.3. The van der Waals surface area contributed by atoms with Crippen LogP contribution >= 0.6 is 11.8 Å². The summed E-state index contributed by atoms with van der Waals surface area (Å²) < 4.78 is 15.9. The van der Waals surface area contributed by atoms with E-state index in [9.17, 15) is 14.4 Å². The summed E-state index contributed by atoms with van der Waals surface area (Å²) in [4.78, 5) is 43.6. The van der Waals surface area contributed by atoms with Gasteiger partial charge in [0.25, 0.3) is 5.91 Å². The number of esters is 1. The number of para-hydroxylation sites is 1. The van der Waals surface area contributed by atoms with Crippen molar-refractivity contribution in [2.24, 2.45) is 0 Å². The number of amides is 2. The molecule has 2 aliphatic heterocycles. The van der Waals surface area contributed by atoms with Crippen molar-refractivity contribution in [1.82, 2.24) is 4.98 Å². The van der Waals surface area contributed by atoms with Gasteiger partial charge in [0.1, 0.15) is 5.03 Å². The van der Waals surface area contributed by atoms with Gasteiger partial charge in [-0.25, -0.2) is 9.78 Å². The molecule has 0 bridgehead atoms. The molecule has 0 radical (unpaired) electrons. The molecule has 35 heavy (non-hydrogen) atoms. The fourth-order valence-corrected chi connectivity index (χ4v) is 4.63. The molecule has 0 saturated heterocycles. The average Bonchev–Trinajstić information content (AvgIpc) is 3.53. The zero-order chi connectivity index (χ0) is 24.2. The molecule has 3 heterocycles. The number of hydrogen-bond donors (Lipinski definition) is 1. The Balaban J connectivity index is 1.16. The third kappa shape index (κ3) is 5.07. The number of pyridine rings is 1. The highest BCUT2D eigenvalue weighted by molar-refractivity contribution is 8.00. The SMILES string of the molecule is O=C(CSc1ncccc1C(=O)OCC(=O)N1CCc2ccccc21)Nc1ccc2c(c1)OCO2. The van der Waals surface area contributed by atoms with E-state index in [-0.39, 0.29) is 36.5 Å². The van der Waals surface area contributed by atoms with Crippen molar-refractivity contribution in [3.8, 4) is 11.5 Å². The van der Waals surface area contributed by atoms with Gasteiger partial charge in [0, 0.05) is 30.2 Å². The molecule has 10 heteroatoms. The molecule has 3 aromatic rings. The van der Waals surface area contributed by atoms with Gasteiger partial charge in [0.05, 0.1) is 11.3 Å². The summed E-state index contributed by atoms with van der Waals surface area (Å²) >= 11 is 1.10. The lowest BCUT2D eigenvalue weighted by atomic mass is 10.2. The summed E-state index contributed by atoms with van der Waals surface area (Å²) in [6.07, 6.45) is 2.30. The maximum absolute atomic E-state index is 12.7. The number of fused-ring (bicyclic) bond motifs is 2. The van der Waals surface area contributed by atoms with Gasteiger partial charge in [-0.15, -0.1) is 0 Å². The van der Waals surface area contributed by atoms with E-state index in [1.54, 1.807) is 35.2 Å². The first-order chi connectivity index (χ1) is 17.1. The molecule has 5 rings (SSSR count). The summed E-state index contributed by atoms with van der Waals surface area (Å²) in [6, 6.07) is 16.0. The maximum Gasteiger partial charge on any atom is 0.341 e. The van der Waals surface area contributed by atoms with Crippen LogP contribution in [0, 0.1) is 0 Å². The first kappa shape index (κ1) is 22.7. The first-order valence-corrected chi connectivity index (χ1v) is 11.9. The van der Waals surface area contributed by atoms with Crippen LogP contribution in [0.25, 0.3) is 0 Å². The molecule has 178 valence electrons. The minimum atomic E-state index is -0.669. The molecule has 0 saturated carbocycles. The smallest absolute Gasteiger partial charge is 0.341 e. The number of rotatable bonds is 7. The Kier molecular flexibility index (Phi) is 6.53. The number of benzene rings is 2. The third-order valence-electron chi connectivity index (χ3n) is 5.50. The van der Waals surface area contributed by atoms with Crippen LogP contribution in [0.1, 0.15) is 15.9 Å². The average molecular weight is 492 g/mol. The summed E-state index contributed by atoms with van der Waals surface area (Å²) in [5.74, 6) is -0.0164. The van der Waals surface area contributed by atoms with E-state index in [1.807, 2.05) is 24.3 Å². The quantitative estimate of drug-likeness (QED) is 0.396. The fourth-order valence-electron chi connectivity index (χ4n) is 3.85. The molecule has 0 aliphatic carbocycles. The van der Waals surface area contributed by atoms with Crippen LogP contribution in [-0.4, -0.2) is 48.5 Å². The Morgan fingerprint density at radius 1 is 1.06 bits per heavy atom. The highest BCUT2D eigenvalue weighted by Crippen LogP contribution is 2.34. The Morgan fingerprint density at radius 2 is 1.91 bits per heavy atom. The molecule has 2 aromatic carbocycles. The van der Waals surface area contributed by atoms with Crippen LogP contribution in [0.2, 0.25) is 0 Å². The number of nitrogens with zero attached hydrogens (tertiary/aromatic N) is 2. The van der Waals surface area contributed by atoms with Crippen molar-refractivity contribution in [2.75, 3.05) is 35.9 Å². The Morgan fingerprint density at radius 3 is 2.83 bits per heavy atom. The van der Waals surface area contributed by atoms with Crippen molar-refractivity contribution >= 4 is 40.9 Å². The van der Waals surface area contributed by atoms with Crippen LogP contribution in [0.4, 0.5) is 11.4 Å². The van der Waals surface area contributed by atoms with Gasteiger partial charge >= 0.3 is 5.97 Å². The number of anilines is 2. The first-order valence-electron chi connectivity index (χ1n) is 10.9. The van der Waals surface area contributed by atoms with E-state index in [0.29, 0.717) is 28.8 Å². The minimum absolute atomic E-state index is 0.0230. The van der Waals surface area contributed by atoms with Gasteiger partial charge in [0.15, 0.2) is 18.1 Å². The molecule has 2 amide bonds. The maximum atomic E-state index is 12.7. The fraction of sp³-hybridized carbons (Fsp3) is 0.200. The summed E-state index contributed by atoms with van der Waals surface area (Å²) in [7, 11) is 0. The number of carbonyl (C=O) groups is 3. The van der Waals surface area contributed by atoms with Crippen molar-refractivity contribution in [1.29, 1.82) is 0 Å². The zero-order valence-corrected chi connectivity index (χ0v) is 19.4. The molecule has 0 atom stereocenters. The van der Waals surface area contributed by atoms with Gasteiger partial charge in [0.2, 0.25) is 12.7 Å². The third-order valence-corrected chi connectivity index (χ3v) is 6.51. The van der Waals surface area contributed by atoms with E-state index in [0.717, 1.165) is 29.4 Å². The Bertz CT molecular complexity index is 1300. The second-order valence-electron chi connectivity index (χ2n) is 7.76. The van der Waals surface area contributed by atoms with Crippen LogP contribution in [0.3, 0.4) is 0 Å². The largest absolute Gasteiger partial charge is 0.454 e. The van der Waals surface area contributed by atoms with Crippen molar-refractivity contribution < 1.29 is 28.6 Å². The second kappa shape index (κ2) is 10.1. The predicted octanol–water partition coefficient (Wildman–Crippen LogP) is 3.29. The van der Waals surface area contributed by atoms with Crippen LogP contribution in [0.15, 0.2) is 65.8 Å². The molecule has 0 fully saturated rings. The van der Waals surface area contributed by atoms with E-state index in [2.05, 4.69) is 10.3 Å². The van der Waals surface area contributed by atoms with Crippen LogP contribution in [0.5, 0.6) is 11.5 Å². The molecule has 0 spiro atoms. The lowest BCUT2D eigenvalue weighted by molar-refractivity contribution is -0.121. The number of aromatic nitrogens is 1. The number of ether oxygens (including phenoxy) is 3. The molecule has 1 aromatic heterocycles. The zero-order valence-electron chi connectivity index (χ0n) is 18.6. The molecular weight excluding hydrogens is 470 g/mol. The minimum Gasteiger partial charge on any atom is -0.454 e. The van der Waals surface area contributed by atoms with Crippen LogP contribution < -0.4 is 19.7 Å². The predicted molar refractivity (Wildman–Crippen MR) is 129 cm³/mol. The van der Waals surface area contributed by atoms with Crippen LogP contribution in [-0.2, 0) is 20.7 Å². The topological polar surface area (TPSA) is 107 Å². The summed E-state index contributed by atoms with van der Waals surface area (Å²) in [5, 5.41) is 3.13. The van der Waals surface area contributed by atoms with E-state index in [1.165, 1.54) is 6.20 Å². The molecule has 2 aliphatic rings. The van der Waals surface area contributed by atoms with Gasteiger partial charge in [-0.2, -0.15) is 0 Å². The number of hydrogen-bond acceptors (Lipinski definition) is 8.